The molecule has 1 atom stereocenters. The first-order chi connectivity index (χ1) is 13.6. The first-order valence-electron chi connectivity index (χ1n) is 8.06. The summed E-state index contributed by atoms with van der Waals surface area (Å²) in [5.41, 5.74) is 1.01. The Hall–Kier alpha value is -1.45. The number of methoxy groups -OCH3 is 2. The lowest BCUT2D eigenvalue weighted by Gasteiger charge is -2.28. The van der Waals surface area contributed by atoms with Crippen molar-refractivity contribution in [3.05, 3.63) is 52.5 Å². The summed E-state index contributed by atoms with van der Waals surface area (Å²) in [4.78, 5) is 12.7. The molecule has 2 aromatic carbocycles. The molecule has 0 aliphatic heterocycles. The second-order valence-electron chi connectivity index (χ2n) is 5.62. The van der Waals surface area contributed by atoms with Crippen LogP contribution in [0.3, 0.4) is 0 Å². The second-order valence-corrected chi connectivity index (χ2v) is 9.32. The van der Waals surface area contributed by atoms with Gasteiger partial charge in [0.2, 0.25) is 3.79 Å². The quantitative estimate of drug-likeness (QED) is 0.275. The van der Waals surface area contributed by atoms with Crippen molar-refractivity contribution in [1.82, 2.24) is 10.6 Å². The monoisotopic (exact) mass is 539 g/mol. The molecule has 6 nitrogen and oxygen atoms in total. The highest BCUT2D eigenvalue weighted by atomic mass is 79.9. The number of rotatable bonds is 6. The average molecular weight is 542 g/mol. The van der Waals surface area contributed by atoms with E-state index >= 15 is 0 Å². The van der Waals surface area contributed by atoms with Crippen LogP contribution >= 0.6 is 63.0 Å². The summed E-state index contributed by atoms with van der Waals surface area (Å²) in [5.74, 6) is 0.382. The number of alkyl halides is 3. The third-order valence-electron chi connectivity index (χ3n) is 3.63. The number of ether oxygens (including phenoxy) is 2. The van der Waals surface area contributed by atoms with Gasteiger partial charge in [0.25, 0.3) is 5.91 Å². The van der Waals surface area contributed by atoms with Gasteiger partial charge in [-0.2, -0.15) is 0 Å². The molecule has 0 aliphatic carbocycles. The fourth-order valence-electron chi connectivity index (χ4n) is 2.22. The average Bonchev–Trinajstić information content (AvgIpc) is 2.67. The Labute approximate surface area is 197 Å². The molecular weight excluding hydrogens is 525 g/mol. The Balaban J connectivity index is 2.11. The summed E-state index contributed by atoms with van der Waals surface area (Å²) in [5, 5.41) is 8.52. The Morgan fingerprint density at radius 2 is 1.66 bits per heavy atom. The Kier molecular flexibility index (Phi) is 8.66. The van der Waals surface area contributed by atoms with Gasteiger partial charge in [-0.25, -0.2) is 0 Å². The minimum Gasteiger partial charge on any atom is -0.493 e. The largest absolute Gasteiger partial charge is 0.493 e. The zero-order valence-corrected chi connectivity index (χ0v) is 19.9. The van der Waals surface area contributed by atoms with E-state index in [0.29, 0.717) is 11.5 Å². The molecule has 0 heterocycles. The number of nitrogens with one attached hydrogen (secondary N) is 3. The maximum Gasteiger partial charge on any atom is 0.253 e. The summed E-state index contributed by atoms with van der Waals surface area (Å²) in [6.07, 6.45) is -1.11. The highest BCUT2D eigenvalue weighted by Crippen LogP contribution is 2.30. The summed E-state index contributed by atoms with van der Waals surface area (Å²) in [6, 6.07) is 12.0. The van der Waals surface area contributed by atoms with Crippen LogP contribution in [-0.2, 0) is 0 Å². The van der Waals surface area contributed by atoms with Crippen molar-refractivity contribution < 1.29 is 14.3 Å². The van der Waals surface area contributed by atoms with Crippen molar-refractivity contribution in [3.8, 4) is 11.5 Å². The highest BCUT2D eigenvalue weighted by Gasteiger charge is 2.35. The molecule has 0 saturated carbocycles. The molecule has 0 radical (unpaired) electrons. The third kappa shape index (κ3) is 7.08. The predicted molar refractivity (Wildman–Crippen MR) is 125 cm³/mol. The SMILES string of the molecule is COc1ccc(C(=O)NC(NC(=S)Nc2ccc(Br)cc2)C(Cl)(Cl)Cl)cc1OC. The van der Waals surface area contributed by atoms with Gasteiger partial charge < -0.3 is 25.4 Å². The number of hydrogen-bond acceptors (Lipinski definition) is 4. The van der Waals surface area contributed by atoms with E-state index in [1.807, 2.05) is 24.3 Å². The number of hydrogen-bond donors (Lipinski definition) is 3. The molecule has 3 N–H and O–H groups in total. The molecule has 1 amide bonds. The van der Waals surface area contributed by atoms with E-state index in [9.17, 15) is 4.79 Å². The van der Waals surface area contributed by atoms with Crippen molar-refractivity contribution in [2.45, 2.75) is 9.96 Å². The zero-order chi connectivity index (χ0) is 21.6. The molecule has 0 spiro atoms. The summed E-state index contributed by atoms with van der Waals surface area (Å²) in [6.45, 7) is 0. The van der Waals surface area contributed by atoms with E-state index in [0.717, 1.165) is 10.2 Å². The standard InChI is InChI=1S/C18H17BrCl3N3O3S/c1-27-13-8-3-10(9-14(13)28-2)15(26)24-16(18(20,21)22)25-17(29)23-12-6-4-11(19)5-7-12/h3-9,16H,1-2H3,(H,24,26)(H2,23,25,29). The van der Waals surface area contributed by atoms with E-state index in [4.69, 9.17) is 56.5 Å². The maximum atomic E-state index is 12.7. The topological polar surface area (TPSA) is 71.6 Å². The van der Waals surface area contributed by atoms with E-state index in [2.05, 4.69) is 31.9 Å². The van der Waals surface area contributed by atoms with Crippen molar-refractivity contribution in [3.63, 3.8) is 0 Å². The molecular formula is C18H17BrCl3N3O3S. The van der Waals surface area contributed by atoms with Crippen molar-refractivity contribution in [2.24, 2.45) is 0 Å². The van der Waals surface area contributed by atoms with Crippen LogP contribution in [-0.4, -0.2) is 35.2 Å². The van der Waals surface area contributed by atoms with Gasteiger partial charge in [0.1, 0.15) is 6.17 Å². The number of thiocarbonyl (C=S) groups is 1. The third-order valence-corrected chi connectivity index (χ3v) is 5.03. The smallest absolute Gasteiger partial charge is 0.253 e. The normalized spacial score (nSPS) is 11.9. The number of carbonyl (C=O) groups excluding carboxylic acids is 1. The number of carbonyl (C=O) groups is 1. The number of anilines is 1. The molecule has 2 aromatic rings. The summed E-state index contributed by atoms with van der Waals surface area (Å²) >= 11 is 26.7. The molecule has 2 rings (SSSR count). The van der Waals surface area contributed by atoms with Gasteiger partial charge in [0.15, 0.2) is 16.6 Å². The van der Waals surface area contributed by atoms with Crippen molar-refractivity contribution >= 4 is 79.7 Å². The number of benzene rings is 2. The van der Waals surface area contributed by atoms with Gasteiger partial charge in [-0.1, -0.05) is 50.7 Å². The van der Waals surface area contributed by atoms with E-state index in [1.54, 1.807) is 12.1 Å². The van der Waals surface area contributed by atoms with Gasteiger partial charge in [0.05, 0.1) is 14.2 Å². The molecule has 0 fully saturated rings. The molecule has 0 aromatic heterocycles. The van der Waals surface area contributed by atoms with Gasteiger partial charge in [-0.15, -0.1) is 0 Å². The van der Waals surface area contributed by atoms with Gasteiger partial charge in [-0.3, -0.25) is 4.79 Å². The molecule has 11 heteroatoms. The predicted octanol–water partition coefficient (Wildman–Crippen LogP) is 4.88. The van der Waals surface area contributed by atoms with Crippen LogP contribution in [0.4, 0.5) is 5.69 Å². The van der Waals surface area contributed by atoms with Crippen LogP contribution in [0.2, 0.25) is 0 Å². The van der Waals surface area contributed by atoms with Crippen molar-refractivity contribution in [1.29, 1.82) is 0 Å². The van der Waals surface area contributed by atoms with E-state index < -0.39 is 15.9 Å². The van der Waals surface area contributed by atoms with Crippen LogP contribution in [0.5, 0.6) is 11.5 Å². The summed E-state index contributed by atoms with van der Waals surface area (Å²) < 4.78 is 9.41. The summed E-state index contributed by atoms with van der Waals surface area (Å²) in [7, 11) is 2.97. The molecule has 0 saturated heterocycles. The molecule has 0 bridgehead atoms. The van der Waals surface area contributed by atoms with E-state index in [-0.39, 0.29) is 10.7 Å². The first kappa shape index (κ1) is 23.8. The van der Waals surface area contributed by atoms with Crippen LogP contribution in [0.25, 0.3) is 0 Å². The Bertz CT molecular complexity index is 879. The number of amides is 1. The fourth-order valence-corrected chi connectivity index (χ4v) is 3.05. The van der Waals surface area contributed by atoms with Crippen LogP contribution in [0, 0.1) is 0 Å². The zero-order valence-electron chi connectivity index (χ0n) is 15.3. The molecule has 29 heavy (non-hydrogen) atoms. The van der Waals surface area contributed by atoms with Gasteiger partial charge in [-0.05, 0) is 54.7 Å². The maximum absolute atomic E-state index is 12.7. The number of halogens is 4. The highest BCUT2D eigenvalue weighted by molar-refractivity contribution is 9.10. The minimum absolute atomic E-state index is 0.163. The Morgan fingerprint density at radius 3 is 2.21 bits per heavy atom. The molecule has 0 aliphatic rings. The first-order valence-corrected chi connectivity index (χ1v) is 10.4. The lowest BCUT2D eigenvalue weighted by Crippen LogP contribution is -2.56. The van der Waals surface area contributed by atoms with E-state index in [1.165, 1.54) is 20.3 Å². The Morgan fingerprint density at radius 1 is 1.03 bits per heavy atom. The van der Waals surface area contributed by atoms with Gasteiger partial charge >= 0.3 is 0 Å². The van der Waals surface area contributed by atoms with Gasteiger partial charge in [0, 0.05) is 15.7 Å². The second kappa shape index (κ2) is 10.5. The van der Waals surface area contributed by atoms with Crippen LogP contribution in [0.1, 0.15) is 10.4 Å². The fraction of sp³-hybridized carbons (Fsp3) is 0.222. The minimum atomic E-state index is -1.88. The van der Waals surface area contributed by atoms with Crippen LogP contribution in [0.15, 0.2) is 46.9 Å². The van der Waals surface area contributed by atoms with Crippen LogP contribution < -0.4 is 25.4 Å². The lowest BCUT2D eigenvalue weighted by molar-refractivity contribution is 0.0934. The molecule has 1 unspecified atom stereocenters. The lowest BCUT2D eigenvalue weighted by atomic mass is 10.2. The molecule has 156 valence electrons. The van der Waals surface area contributed by atoms with Crippen molar-refractivity contribution in [2.75, 3.05) is 19.5 Å².